The second kappa shape index (κ2) is 5.63. The van der Waals surface area contributed by atoms with E-state index in [-0.39, 0.29) is 11.7 Å². The third-order valence-electron chi connectivity index (χ3n) is 3.91. The molecule has 5 nitrogen and oxygen atoms in total. The number of hydrogen-bond donors (Lipinski definition) is 1. The summed E-state index contributed by atoms with van der Waals surface area (Å²) in [5, 5.41) is 13.1. The molecule has 0 spiro atoms. The first kappa shape index (κ1) is 13.7. The topological polar surface area (TPSA) is 76.2 Å². The van der Waals surface area contributed by atoms with E-state index in [4.69, 9.17) is 4.52 Å². The van der Waals surface area contributed by atoms with Crippen LogP contribution in [0.4, 0.5) is 4.39 Å². The van der Waals surface area contributed by atoms with E-state index in [0.29, 0.717) is 24.6 Å². The summed E-state index contributed by atoms with van der Waals surface area (Å²) in [6.45, 7) is 0. The van der Waals surface area contributed by atoms with Crippen LogP contribution < -0.4 is 0 Å². The molecule has 6 heteroatoms. The fourth-order valence-electron chi connectivity index (χ4n) is 2.83. The Morgan fingerprint density at radius 1 is 1.33 bits per heavy atom. The smallest absolute Gasteiger partial charge is 0.307 e. The number of aromatic nitrogens is 2. The zero-order valence-electron chi connectivity index (χ0n) is 11.3. The van der Waals surface area contributed by atoms with Crippen molar-refractivity contribution in [3.63, 3.8) is 0 Å². The van der Waals surface area contributed by atoms with Crippen LogP contribution in [-0.2, 0) is 11.2 Å². The van der Waals surface area contributed by atoms with Crippen LogP contribution >= 0.6 is 0 Å². The van der Waals surface area contributed by atoms with Crippen molar-refractivity contribution in [2.24, 2.45) is 5.92 Å². The Morgan fingerprint density at radius 3 is 2.81 bits per heavy atom. The van der Waals surface area contributed by atoms with Crippen molar-refractivity contribution in [2.45, 2.75) is 31.6 Å². The van der Waals surface area contributed by atoms with Gasteiger partial charge >= 0.3 is 5.97 Å². The monoisotopic (exact) mass is 290 g/mol. The minimum Gasteiger partial charge on any atom is -0.481 e. The van der Waals surface area contributed by atoms with Crippen molar-refractivity contribution < 1.29 is 18.8 Å². The van der Waals surface area contributed by atoms with Gasteiger partial charge in [0.2, 0.25) is 5.89 Å². The van der Waals surface area contributed by atoms with Crippen molar-refractivity contribution in [1.82, 2.24) is 10.1 Å². The Morgan fingerprint density at radius 2 is 2.10 bits per heavy atom. The van der Waals surface area contributed by atoms with Crippen LogP contribution in [0, 0.1) is 11.7 Å². The second-order valence-electron chi connectivity index (χ2n) is 5.33. The first-order valence-electron chi connectivity index (χ1n) is 6.93. The van der Waals surface area contributed by atoms with E-state index in [0.717, 1.165) is 18.4 Å². The van der Waals surface area contributed by atoms with Crippen molar-refractivity contribution in [1.29, 1.82) is 0 Å². The van der Waals surface area contributed by atoms with E-state index in [1.54, 1.807) is 12.1 Å². The molecular weight excluding hydrogens is 275 g/mol. The summed E-state index contributed by atoms with van der Waals surface area (Å²) in [6, 6.07) is 6.10. The standard InChI is InChI=1S/C15H15FN2O3/c16-10-6-4-9(5-7-10)8-13-17-14(21-18-13)11-2-1-3-12(11)15(19)20/h4-7,11-12H,1-3,8H2,(H,19,20). The number of rotatable bonds is 4. The number of carbonyl (C=O) groups is 1. The van der Waals surface area contributed by atoms with Gasteiger partial charge in [-0.05, 0) is 30.5 Å². The zero-order valence-corrected chi connectivity index (χ0v) is 11.3. The Balaban J connectivity index is 1.74. The highest BCUT2D eigenvalue weighted by Gasteiger charge is 2.37. The number of hydrogen-bond acceptors (Lipinski definition) is 4. The summed E-state index contributed by atoms with van der Waals surface area (Å²) in [5.74, 6) is -0.843. The molecule has 0 saturated heterocycles. The zero-order chi connectivity index (χ0) is 14.8. The summed E-state index contributed by atoms with van der Waals surface area (Å²) < 4.78 is 18.1. The number of benzene rings is 1. The van der Waals surface area contributed by atoms with E-state index in [9.17, 15) is 14.3 Å². The van der Waals surface area contributed by atoms with Gasteiger partial charge in [0.25, 0.3) is 0 Å². The van der Waals surface area contributed by atoms with Gasteiger partial charge in [0.15, 0.2) is 5.82 Å². The lowest BCUT2D eigenvalue weighted by Crippen LogP contribution is -2.17. The Kier molecular flexibility index (Phi) is 3.68. The van der Waals surface area contributed by atoms with Crippen molar-refractivity contribution >= 4 is 5.97 Å². The van der Waals surface area contributed by atoms with E-state index in [2.05, 4.69) is 10.1 Å². The van der Waals surface area contributed by atoms with Crippen LogP contribution in [-0.4, -0.2) is 21.2 Å². The first-order valence-corrected chi connectivity index (χ1v) is 6.93. The van der Waals surface area contributed by atoms with Crippen molar-refractivity contribution in [2.75, 3.05) is 0 Å². The lowest BCUT2D eigenvalue weighted by Gasteiger charge is -2.10. The fraction of sp³-hybridized carbons (Fsp3) is 0.400. The third-order valence-corrected chi connectivity index (χ3v) is 3.91. The highest BCUT2D eigenvalue weighted by molar-refractivity contribution is 5.71. The maximum atomic E-state index is 12.8. The molecule has 1 N–H and O–H groups in total. The average Bonchev–Trinajstić information content (AvgIpc) is 3.09. The van der Waals surface area contributed by atoms with Gasteiger partial charge in [0.05, 0.1) is 11.8 Å². The minimum absolute atomic E-state index is 0.197. The van der Waals surface area contributed by atoms with E-state index in [1.807, 2.05) is 0 Å². The van der Waals surface area contributed by atoms with Gasteiger partial charge in [-0.15, -0.1) is 0 Å². The van der Waals surface area contributed by atoms with Gasteiger partial charge in [0.1, 0.15) is 5.82 Å². The first-order chi connectivity index (χ1) is 10.1. The van der Waals surface area contributed by atoms with Crippen LogP contribution in [0.2, 0.25) is 0 Å². The average molecular weight is 290 g/mol. The number of aliphatic carboxylic acids is 1. The molecule has 0 aliphatic heterocycles. The van der Waals surface area contributed by atoms with Gasteiger partial charge < -0.3 is 9.63 Å². The molecule has 2 aromatic rings. The molecular formula is C15H15FN2O3. The normalized spacial score (nSPS) is 21.6. The molecule has 110 valence electrons. The van der Waals surface area contributed by atoms with Crippen LogP contribution in [0.1, 0.15) is 42.5 Å². The lowest BCUT2D eigenvalue weighted by atomic mass is 9.96. The molecule has 0 bridgehead atoms. The van der Waals surface area contributed by atoms with Crippen LogP contribution in [0.5, 0.6) is 0 Å². The maximum absolute atomic E-state index is 12.8. The SMILES string of the molecule is O=C(O)C1CCCC1c1nc(Cc2ccc(F)cc2)no1. The number of carboxylic acid groups (broad SMARTS) is 1. The summed E-state index contributed by atoms with van der Waals surface area (Å²) in [4.78, 5) is 15.5. The predicted molar refractivity (Wildman–Crippen MR) is 71.2 cm³/mol. The summed E-state index contributed by atoms with van der Waals surface area (Å²) in [5.41, 5.74) is 0.880. The fourth-order valence-corrected chi connectivity index (χ4v) is 2.83. The van der Waals surface area contributed by atoms with Crippen LogP contribution in [0.25, 0.3) is 0 Å². The van der Waals surface area contributed by atoms with Gasteiger partial charge in [-0.1, -0.05) is 23.7 Å². The molecule has 3 rings (SSSR count). The highest BCUT2D eigenvalue weighted by atomic mass is 19.1. The molecule has 1 heterocycles. The van der Waals surface area contributed by atoms with Crippen molar-refractivity contribution in [3.8, 4) is 0 Å². The Bertz CT molecular complexity index is 639. The molecule has 21 heavy (non-hydrogen) atoms. The van der Waals surface area contributed by atoms with Gasteiger partial charge in [-0.3, -0.25) is 4.79 Å². The minimum atomic E-state index is -0.809. The molecule has 2 atom stereocenters. The molecule has 1 saturated carbocycles. The third kappa shape index (κ3) is 2.94. The Labute approximate surface area is 120 Å². The van der Waals surface area contributed by atoms with Crippen LogP contribution in [0.3, 0.4) is 0 Å². The summed E-state index contributed by atoms with van der Waals surface area (Å²) in [6.07, 6.45) is 2.70. The molecule has 1 aromatic heterocycles. The van der Waals surface area contributed by atoms with E-state index >= 15 is 0 Å². The molecule has 1 fully saturated rings. The predicted octanol–water partition coefficient (Wildman–Crippen LogP) is 2.77. The summed E-state index contributed by atoms with van der Waals surface area (Å²) in [7, 11) is 0. The maximum Gasteiger partial charge on any atom is 0.307 e. The van der Waals surface area contributed by atoms with E-state index < -0.39 is 11.9 Å². The van der Waals surface area contributed by atoms with E-state index in [1.165, 1.54) is 12.1 Å². The Hall–Kier alpha value is -2.24. The lowest BCUT2D eigenvalue weighted by molar-refractivity contribution is -0.142. The highest BCUT2D eigenvalue weighted by Crippen LogP contribution is 2.39. The molecule has 2 unspecified atom stereocenters. The largest absolute Gasteiger partial charge is 0.481 e. The van der Waals surface area contributed by atoms with Gasteiger partial charge in [0, 0.05) is 6.42 Å². The van der Waals surface area contributed by atoms with Gasteiger partial charge in [-0.25, -0.2) is 4.39 Å². The van der Waals surface area contributed by atoms with Crippen molar-refractivity contribution in [3.05, 3.63) is 47.4 Å². The number of nitrogens with zero attached hydrogens (tertiary/aromatic N) is 2. The molecule has 1 aliphatic rings. The van der Waals surface area contributed by atoms with Gasteiger partial charge in [-0.2, -0.15) is 4.98 Å². The van der Waals surface area contributed by atoms with Crippen LogP contribution in [0.15, 0.2) is 28.8 Å². The molecule has 1 aromatic carbocycles. The second-order valence-corrected chi connectivity index (χ2v) is 5.33. The molecule has 1 aliphatic carbocycles. The number of carboxylic acids is 1. The quantitative estimate of drug-likeness (QED) is 0.937. The molecule has 0 amide bonds. The molecule has 0 radical (unpaired) electrons. The number of halogens is 1. The summed E-state index contributed by atoms with van der Waals surface area (Å²) >= 11 is 0.